The van der Waals surface area contributed by atoms with Gasteiger partial charge in [-0.05, 0) is 30.7 Å². The van der Waals surface area contributed by atoms with Crippen molar-refractivity contribution in [2.24, 2.45) is 4.99 Å². The zero-order valence-electron chi connectivity index (χ0n) is 13.4. The van der Waals surface area contributed by atoms with Gasteiger partial charge >= 0.3 is 0 Å². The molecule has 1 aliphatic rings. The number of nitrogens with one attached hydrogen (secondary N) is 2. The molecule has 1 aliphatic heterocycles. The highest BCUT2D eigenvalue weighted by Gasteiger charge is 2.09. The molecule has 2 N–H and O–H groups in total. The van der Waals surface area contributed by atoms with E-state index in [9.17, 15) is 4.39 Å². The van der Waals surface area contributed by atoms with Crippen LogP contribution in [-0.4, -0.2) is 56.8 Å². The number of rotatable bonds is 6. The third-order valence-electron chi connectivity index (χ3n) is 3.58. The van der Waals surface area contributed by atoms with Gasteiger partial charge in [0.05, 0.1) is 19.8 Å². The standard InChI is InChI=1S/C16H24BrFN4O/c1-2-19-16(20-5-6-22-7-9-23-10-8-22)21-12-13-11-14(18)3-4-15(13)17/h3-4,11H,2,5-10,12H2,1H3,(H2,19,20,21). The normalized spacial score (nSPS) is 16.4. The molecule has 7 heteroatoms. The summed E-state index contributed by atoms with van der Waals surface area (Å²) >= 11 is 3.43. The Morgan fingerprint density at radius 2 is 2.13 bits per heavy atom. The summed E-state index contributed by atoms with van der Waals surface area (Å²) in [4.78, 5) is 6.89. The van der Waals surface area contributed by atoms with Gasteiger partial charge in [0.1, 0.15) is 5.82 Å². The molecule has 0 bridgehead atoms. The largest absolute Gasteiger partial charge is 0.379 e. The van der Waals surface area contributed by atoms with Crippen LogP contribution in [0, 0.1) is 5.82 Å². The first kappa shape index (κ1) is 18.2. The highest BCUT2D eigenvalue weighted by atomic mass is 79.9. The minimum atomic E-state index is -0.247. The Balaban J connectivity index is 1.85. The molecule has 0 aromatic heterocycles. The maximum Gasteiger partial charge on any atom is 0.191 e. The maximum atomic E-state index is 13.3. The highest BCUT2D eigenvalue weighted by Crippen LogP contribution is 2.18. The molecule has 128 valence electrons. The van der Waals surface area contributed by atoms with Crippen LogP contribution in [0.25, 0.3) is 0 Å². The number of aliphatic imine (C=N–C) groups is 1. The van der Waals surface area contributed by atoms with Crippen LogP contribution >= 0.6 is 15.9 Å². The molecular weight excluding hydrogens is 363 g/mol. The summed E-state index contributed by atoms with van der Waals surface area (Å²) in [6.45, 7) is 8.57. The summed E-state index contributed by atoms with van der Waals surface area (Å²) < 4.78 is 19.5. The summed E-state index contributed by atoms with van der Waals surface area (Å²) in [5.41, 5.74) is 0.829. The maximum absolute atomic E-state index is 13.3. The Hall–Kier alpha value is -1.18. The molecule has 0 aliphatic carbocycles. The van der Waals surface area contributed by atoms with E-state index >= 15 is 0 Å². The molecule has 1 saturated heterocycles. The number of nitrogens with zero attached hydrogens (tertiary/aromatic N) is 2. The molecule has 0 amide bonds. The van der Waals surface area contributed by atoms with Gasteiger partial charge in [0.25, 0.3) is 0 Å². The summed E-state index contributed by atoms with van der Waals surface area (Å²) in [5, 5.41) is 6.53. The van der Waals surface area contributed by atoms with Gasteiger partial charge in [-0.25, -0.2) is 9.38 Å². The first-order chi connectivity index (χ1) is 11.2. The van der Waals surface area contributed by atoms with Crippen LogP contribution in [0.2, 0.25) is 0 Å². The number of benzene rings is 1. The first-order valence-corrected chi connectivity index (χ1v) is 8.74. The van der Waals surface area contributed by atoms with E-state index in [0.717, 1.165) is 61.9 Å². The Bertz CT molecular complexity index is 521. The van der Waals surface area contributed by atoms with Crippen molar-refractivity contribution in [2.75, 3.05) is 45.9 Å². The van der Waals surface area contributed by atoms with Gasteiger partial charge in [0.15, 0.2) is 5.96 Å². The van der Waals surface area contributed by atoms with Crippen molar-refractivity contribution in [3.63, 3.8) is 0 Å². The first-order valence-electron chi connectivity index (χ1n) is 7.95. The van der Waals surface area contributed by atoms with Crippen molar-refractivity contribution in [1.29, 1.82) is 0 Å². The monoisotopic (exact) mass is 386 g/mol. The van der Waals surface area contributed by atoms with Gasteiger partial charge in [-0.15, -0.1) is 0 Å². The molecule has 1 aromatic rings. The zero-order chi connectivity index (χ0) is 16.5. The average molecular weight is 387 g/mol. The van der Waals surface area contributed by atoms with Crippen LogP contribution in [0.5, 0.6) is 0 Å². The number of hydrogen-bond acceptors (Lipinski definition) is 3. The van der Waals surface area contributed by atoms with Gasteiger partial charge in [-0.1, -0.05) is 15.9 Å². The number of hydrogen-bond donors (Lipinski definition) is 2. The van der Waals surface area contributed by atoms with E-state index in [1.165, 1.54) is 12.1 Å². The topological polar surface area (TPSA) is 48.9 Å². The molecule has 0 spiro atoms. The fourth-order valence-electron chi connectivity index (χ4n) is 2.33. The highest BCUT2D eigenvalue weighted by molar-refractivity contribution is 9.10. The number of guanidine groups is 1. The molecule has 0 unspecified atom stereocenters. The number of ether oxygens (including phenoxy) is 1. The fraction of sp³-hybridized carbons (Fsp3) is 0.562. The van der Waals surface area contributed by atoms with Crippen molar-refractivity contribution in [3.8, 4) is 0 Å². The fourth-order valence-corrected chi connectivity index (χ4v) is 2.70. The third kappa shape index (κ3) is 6.45. The molecule has 5 nitrogen and oxygen atoms in total. The second kappa shape index (κ2) is 9.85. The van der Waals surface area contributed by atoms with Crippen LogP contribution in [0.3, 0.4) is 0 Å². The molecule has 2 rings (SSSR count). The van der Waals surface area contributed by atoms with Gasteiger partial charge in [0.2, 0.25) is 0 Å². The van der Waals surface area contributed by atoms with E-state index < -0.39 is 0 Å². The Kier molecular flexibility index (Phi) is 7.78. The quantitative estimate of drug-likeness (QED) is 0.579. The Morgan fingerprint density at radius 3 is 2.87 bits per heavy atom. The van der Waals surface area contributed by atoms with Crippen molar-refractivity contribution in [1.82, 2.24) is 15.5 Å². The SMILES string of the molecule is CCNC(=NCc1cc(F)ccc1Br)NCCN1CCOCC1. The zero-order valence-corrected chi connectivity index (χ0v) is 15.0. The average Bonchev–Trinajstić information content (AvgIpc) is 2.56. The lowest BCUT2D eigenvalue weighted by Gasteiger charge is -2.26. The van der Waals surface area contributed by atoms with Crippen LogP contribution in [0.15, 0.2) is 27.7 Å². The molecule has 1 aromatic carbocycles. The molecule has 0 radical (unpaired) electrons. The Morgan fingerprint density at radius 1 is 1.35 bits per heavy atom. The van der Waals surface area contributed by atoms with E-state index in [1.807, 2.05) is 6.92 Å². The van der Waals surface area contributed by atoms with Crippen molar-refractivity contribution >= 4 is 21.9 Å². The molecule has 1 heterocycles. The molecular formula is C16H24BrFN4O. The summed E-state index contributed by atoms with van der Waals surface area (Å²) in [6.07, 6.45) is 0. The van der Waals surface area contributed by atoms with Gasteiger partial charge in [0, 0.05) is 37.2 Å². The van der Waals surface area contributed by atoms with Crippen LogP contribution in [0.4, 0.5) is 4.39 Å². The molecule has 23 heavy (non-hydrogen) atoms. The number of halogens is 2. The van der Waals surface area contributed by atoms with Gasteiger partial charge in [-0.2, -0.15) is 0 Å². The lowest BCUT2D eigenvalue weighted by molar-refractivity contribution is 0.0389. The lowest BCUT2D eigenvalue weighted by Crippen LogP contribution is -2.44. The van der Waals surface area contributed by atoms with E-state index in [-0.39, 0.29) is 5.82 Å². The predicted molar refractivity (Wildman–Crippen MR) is 94.2 cm³/mol. The summed E-state index contributed by atoms with van der Waals surface area (Å²) in [7, 11) is 0. The molecule has 0 atom stereocenters. The summed E-state index contributed by atoms with van der Waals surface area (Å²) in [5.74, 6) is 0.501. The minimum Gasteiger partial charge on any atom is -0.379 e. The predicted octanol–water partition coefficient (Wildman–Crippen LogP) is 1.98. The van der Waals surface area contributed by atoms with Crippen LogP contribution < -0.4 is 10.6 Å². The van der Waals surface area contributed by atoms with Gasteiger partial charge < -0.3 is 15.4 Å². The van der Waals surface area contributed by atoms with Crippen molar-refractivity contribution in [3.05, 3.63) is 34.1 Å². The van der Waals surface area contributed by atoms with E-state index in [4.69, 9.17) is 4.74 Å². The van der Waals surface area contributed by atoms with Crippen molar-refractivity contribution < 1.29 is 9.13 Å². The number of morpholine rings is 1. The molecule has 0 saturated carbocycles. The Labute approximate surface area is 145 Å². The summed E-state index contributed by atoms with van der Waals surface area (Å²) in [6, 6.07) is 4.65. The van der Waals surface area contributed by atoms with Crippen molar-refractivity contribution in [2.45, 2.75) is 13.5 Å². The van der Waals surface area contributed by atoms with Gasteiger partial charge in [-0.3, -0.25) is 4.90 Å². The van der Waals surface area contributed by atoms with E-state index in [0.29, 0.717) is 6.54 Å². The second-order valence-electron chi connectivity index (χ2n) is 5.31. The lowest BCUT2D eigenvalue weighted by atomic mass is 10.2. The smallest absolute Gasteiger partial charge is 0.191 e. The van der Waals surface area contributed by atoms with E-state index in [1.54, 1.807) is 6.07 Å². The van der Waals surface area contributed by atoms with E-state index in [2.05, 4.69) is 36.5 Å². The van der Waals surface area contributed by atoms with Crippen LogP contribution in [0.1, 0.15) is 12.5 Å². The second-order valence-corrected chi connectivity index (χ2v) is 6.17. The van der Waals surface area contributed by atoms with Crippen LogP contribution in [-0.2, 0) is 11.3 Å². The minimum absolute atomic E-state index is 0.247. The molecule has 1 fully saturated rings. The third-order valence-corrected chi connectivity index (χ3v) is 4.36.